The molecule has 0 aliphatic carbocycles. The van der Waals surface area contributed by atoms with Crippen molar-refractivity contribution in [3.63, 3.8) is 0 Å². The van der Waals surface area contributed by atoms with Gasteiger partial charge in [0.25, 0.3) is 0 Å². The molecule has 0 saturated heterocycles. The van der Waals surface area contributed by atoms with E-state index in [-0.39, 0.29) is 0 Å². The van der Waals surface area contributed by atoms with Crippen LogP contribution in [0.25, 0.3) is 0 Å². The topological polar surface area (TPSA) is 31.4 Å². The van der Waals surface area contributed by atoms with E-state index >= 15 is 0 Å². The average molecular weight is 391 g/mol. The Hall–Kier alpha value is -2.04. The zero-order chi connectivity index (χ0) is 16.1. The molecule has 2 aromatic carbocycles. The quantitative estimate of drug-likeness (QED) is 0.546. The minimum Gasteiger partial charge on any atom is -0.486 e. The maximum atomic E-state index is 5.86. The van der Waals surface area contributed by atoms with Crippen molar-refractivity contribution in [1.29, 1.82) is 0 Å². The Bertz CT molecular complexity index is 779. The fraction of sp³-hybridized carbons (Fsp3) is 0.0556. The highest BCUT2D eigenvalue weighted by Gasteiger charge is 2.05. The number of aromatic nitrogens is 1. The van der Waals surface area contributed by atoms with E-state index in [4.69, 9.17) is 21.1 Å². The van der Waals surface area contributed by atoms with Crippen LogP contribution in [0.3, 0.4) is 0 Å². The van der Waals surface area contributed by atoms with Crippen LogP contribution in [-0.4, -0.2) is 4.98 Å². The normalized spacial score (nSPS) is 10.3. The fourth-order valence-corrected chi connectivity index (χ4v) is 2.53. The molecule has 0 aliphatic rings. The third-order valence-electron chi connectivity index (χ3n) is 3.05. The van der Waals surface area contributed by atoms with Gasteiger partial charge in [0.15, 0.2) is 0 Å². The van der Waals surface area contributed by atoms with E-state index in [1.54, 1.807) is 18.3 Å². The highest BCUT2D eigenvalue weighted by atomic mass is 79.9. The number of benzene rings is 2. The van der Waals surface area contributed by atoms with E-state index in [9.17, 15) is 0 Å². The Balaban J connectivity index is 1.66. The van der Waals surface area contributed by atoms with E-state index in [1.165, 1.54) is 0 Å². The molecule has 0 radical (unpaired) electrons. The summed E-state index contributed by atoms with van der Waals surface area (Å²) in [4.78, 5) is 4.23. The van der Waals surface area contributed by atoms with Crippen molar-refractivity contribution in [2.75, 3.05) is 0 Å². The van der Waals surface area contributed by atoms with E-state index < -0.39 is 0 Å². The van der Waals surface area contributed by atoms with Crippen molar-refractivity contribution in [2.24, 2.45) is 0 Å². The molecule has 0 fully saturated rings. The predicted octanol–water partition coefficient (Wildman–Crippen LogP) is 5.87. The van der Waals surface area contributed by atoms with Crippen LogP contribution in [-0.2, 0) is 6.61 Å². The number of rotatable bonds is 5. The number of halogens is 2. The molecule has 0 saturated carbocycles. The lowest BCUT2D eigenvalue weighted by Crippen LogP contribution is -1.98. The Morgan fingerprint density at radius 2 is 1.74 bits per heavy atom. The summed E-state index contributed by atoms with van der Waals surface area (Å²) in [7, 11) is 0. The zero-order valence-electron chi connectivity index (χ0n) is 12.1. The second-order valence-electron chi connectivity index (χ2n) is 4.76. The smallest absolute Gasteiger partial charge is 0.134 e. The maximum absolute atomic E-state index is 5.86. The van der Waals surface area contributed by atoms with Gasteiger partial charge in [0.2, 0.25) is 0 Å². The van der Waals surface area contributed by atoms with Crippen LogP contribution in [0, 0.1) is 0 Å². The van der Waals surface area contributed by atoms with Crippen LogP contribution in [0.2, 0.25) is 5.02 Å². The van der Waals surface area contributed by atoms with Gasteiger partial charge in [-0.15, -0.1) is 0 Å². The first kappa shape index (κ1) is 15.8. The zero-order valence-corrected chi connectivity index (χ0v) is 14.4. The Kier molecular flexibility index (Phi) is 5.16. The molecule has 3 nitrogen and oxygen atoms in total. The van der Waals surface area contributed by atoms with Gasteiger partial charge < -0.3 is 9.47 Å². The van der Waals surface area contributed by atoms with Gasteiger partial charge in [-0.2, -0.15) is 0 Å². The van der Waals surface area contributed by atoms with Crippen LogP contribution < -0.4 is 9.47 Å². The third-order valence-corrected chi connectivity index (χ3v) is 3.93. The van der Waals surface area contributed by atoms with Crippen molar-refractivity contribution in [3.8, 4) is 17.2 Å². The van der Waals surface area contributed by atoms with Crippen LogP contribution in [0.4, 0.5) is 0 Å². The summed E-state index contributed by atoms with van der Waals surface area (Å²) in [5, 5.41) is 0.678. The fourth-order valence-electron chi connectivity index (χ4n) is 1.94. The SMILES string of the molecule is Clc1ccc(Oc2ccc(OCc3ccccn3)c(Br)c2)cc1. The Morgan fingerprint density at radius 1 is 0.957 bits per heavy atom. The van der Waals surface area contributed by atoms with E-state index in [0.717, 1.165) is 21.7 Å². The molecule has 3 aromatic rings. The minimum absolute atomic E-state index is 0.414. The first-order valence-electron chi connectivity index (χ1n) is 6.96. The van der Waals surface area contributed by atoms with Gasteiger partial charge in [-0.05, 0) is 70.5 Å². The number of nitrogens with zero attached hydrogens (tertiary/aromatic N) is 1. The molecule has 0 spiro atoms. The maximum Gasteiger partial charge on any atom is 0.134 e. The summed E-state index contributed by atoms with van der Waals surface area (Å²) >= 11 is 9.36. The second kappa shape index (κ2) is 7.49. The molecule has 5 heteroatoms. The van der Waals surface area contributed by atoms with Crippen molar-refractivity contribution < 1.29 is 9.47 Å². The van der Waals surface area contributed by atoms with Crippen molar-refractivity contribution in [2.45, 2.75) is 6.61 Å². The molecule has 1 heterocycles. The van der Waals surface area contributed by atoms with Gasteiger partial charge in [-0.25, -0.2) is 0 Å². The summed E-state index contributed by atoms with van der Waals surface area (Å²) in [6, 6.07) is 18.5. The molecule has 0 aliphatic heterocycles. The molecule has 3 rings (SSSR count). The van der Waals surface area contributed by atoms with Crippen LogP contribution >= 0.6 is 27.5 Å². The summed E-state index contributed by atoms with van der Waals surface area (Å²) in [5.41, 5.74) is 0.876. The van der Waals surface area contributed by atoms with Gasteiger partial charge in [0, 0.05) is 11.2 Å². The molecular weight excluding hydrogens is 378 g/mol. The molecular formula is C18H13BrClNO2. The van der Waals surface area contributed by atoms with Crippen molar-refractivity contribution in [3.05, 3.63) is 82.0 Å². The number of hydrogen-bond donors (Lipinski definition) is 0. The van der Waals surface area contributed by atoms with E-state index in [0.29, 0.717) is 17.4 Å². The molecule has 1 aromatic heterocycles. The Labute approximate surface area is 148 Å². The summed E-state index contributed by atoms with van der Waals surface area (Å²) in [6.07, 6.45) is 1.75. The first-order valence-corrected chi connectivity index (χ1v) is 8.13. The first-order chi connectivity index (χ1) is 11.2. The minimum atomic E-state index is 0.414. The summed E-state index contributed by atoms with van der Waals surface area (Å²) in [5.74, 6) is 2.17. The predicted molar refractivity (Wildman–Crippen MR) is 94.2 cm³/mol. The molecule has 0 unspecified atom stereocenters. The lowest BCUT2D eigenvalue weighted by Gasteiger charge is -2.10. The van der Waals surface area contributed by atoms with Crippen LogP contribution in [0.15, 0.2) is 71.3 Å². The molecule has 0 N–H and O–H groups in total. The van der Waals surface area contributed by atoms with Gasteiger partial charge in [-0.1, -0.05) is 17.7 Å². The highest BCUT2D eigenvalue weighted by molar-refractivity contribution is 9.10. The lowest BCUT2D eigenvalue weighted by atomic mass is 10.3. The van der Waals surface area contributed by atoms with E-state index in [1.807, 2.05) is 48.5 Å². The molecule has 23 heavy (non-hydrogen) atoms. The van der Waals surface area contributed by atoms with Gasteiger partial charge in [-0.3, -0.25) is 4.98 Å². The molecule has 0 amide bonds. The van der Waals surface area contributed by atoms with E-state index in [2.05, 4.69) is 20.9 Å². The van der Waals surface area contributed by atoms with Crippen LogP contribution in [0.1, 0.15) is 5.69 Å². The average Bonchev–Trinajstić information content (AvgIpc) is 2.57. The van der Waals surface area contributed by atoms with Gasteiger partial charge in [0.05, 0.1) is 10.2 Å². The number of pyridine rings is 1. The Morgan fingerprint density at radius 3 is 2.43 bits per heavy atom. The van der Waals surface area contributed by atoms with Gasteiger partial charge >= 0.3 is 0 Å². The standard InChI is InChI=1S/C18H13BrClNO2/c19-17-11-16(23-15-6-4-13(20)5-7-15)8-9-18(17)22-12-14-3-1-2-10-21-14/h1-11H,12H2. The molecule has 0 bridgehead atoms. The summed E-state index contributed by atoms with van der Waals surface area (Å²) in [6.45, 7) is 0.414. The van der Waals surface area contributed by atoms with Gasteiger partial charge in [0.1, 0.15) is 23.9 Å². The number of ether oxygens (including phenoxy) is 2. The van der Waals surface area contributed by atoms with Crippen LogP contribution in [0.5, 0.6) is 17.2 Å². The summed E-state index contributed by atoms with van der Waals surface area (Å²) < 4.78 is 12.4. The monoisotopic (exact) mass is 389 g/mol. The third kappa shape index (κ3) is 4.47. The molecule has 0 atom stereocenters. The van der Waals surface area contributed by atoms with Crippen molar-refractivity contribution >= 4 is 27.5 Å². The number of hydrogen-bond acceptors (Lipinski definition) is 3. The largest absolute Gasteiger partial charge is 0.486 e. The highest BCUT2D eigenvalue weighted by Crippen LogP contribution is 2.32. The van der Waals surface area contributed by atoms with Crippen molar-refractivity contribution in [1.82, 2.24) is 4.98 Å². The second-order valence-corrected chi connectivity index (χ2v) is 6.05. The lowest BCUT2D eigenvalue weighted by molar-refractivity contribution is 0.299. The molecule has 116 valence electrons.